The summed E-state index contributed by atoms with van der Waals surface area (Å²) in [7, 11) is 0. The van der Waals surface area contributed by atoms with Crippen LogP contribution in [0.1, 0.15) is 24.1 Å². The number of nitrogens with one attached hydrogen (secondary N) is 2. The van der Waals surface area contributed by atoms with Crippen LogP contribution in [0.4, 0.5) is 10.5 Å². The van der Waals surface area contributed by atoms with Crippen molar-refractivity contribution < 1.29 is 19.1 Å². The molecule has 1 fully saturated rings. The van der Waals surface area contributed by atoms with Crippen LogP contribution in [0.25, 0.3) is 0 Å². The van der Waals surface area contributed by atoms with Crippen LogP contribution in [-0.4, -0.2) is 40.9 Å². The van der Waals surface area contributed by atoms with Gasteiger partial charge in [-0.1, -0.05) is 18.2 Å². The van der Waals surface area contributed by atoms with Crippen LogP contribution in [0.3, 0.4) is 0 Å². The summed E-state index contributed by atoms with van der Waals surface area (Å²) in [5, 5.41) is 5.21. The summed E-state index contributed by atoms with van der Waals surface area (Å²) in [6.07, 6.45) is 2.92. The molecule has 27 heavy (non-hydrogen) atoms. The summed E-state index contributed by atoms with van der Waals surface area (Å²) in [5.74, 6) is -1.50. The van der Waals surface area contributed by atoms with Crippen LogP contribution < -0.4 is 10.6 Å². The molecule has 0 bridgehead atoms. The van der Waals surface area contributed by atoms with Crippen molar-refractivity contribution >= 4 is 23.6 Å². The molecule has 1 saturated heterocycles. The number of ether oxygens (including phenoxy) is 1. The highest BCUT2D eigenvalue weighted by Crippen LogP contribution is 2.15. The van der Waals surface area contributed by atoms with Crippen molar-refractivity contribution in [2.45, 2.75) is 19.5 Å². The number of rotatable bonds is 5. The molecular weight excluding hydrogens is 348 g/mol. The highest BCUT2D eigenvalue weighted by atomic mass is 16.6. The molecule has 1 aromatic heterocycles. The second kappa shape index (κ2) is 8.31. The fraction of sp³-hybridized carbons (Fsp3) is 0.263. The first-order valence-corrected chi connectivity index (χ1v) is 8.55. The molecule has 2 heterocycles. The minimum Gasteiger partial charge on any atom is -0.448 e. The van der Waals surface area contributed by atoms with E-state index in [4.69, 9.17) is 4.74 Å². The Morgan fingerprint density at radius 3 is 2.81 bits per heavy atom. The zero-order chi connectivity index (χ0) is 19.2. The van der Waals surface area contributed by atoms with Gasteiger partial charge in [0.15, 0.2) is 0 Å². The van der Waals surface area contributed by atoms with E-state index in [2.05, 4.69) is 15.6 Å². The Morgan fingerprint density at radius 1 is 1.26 bits per heavy atom. The molecule has 3 amide bonds. The topological polar surface area (TPSA) is 101 Å². The normalized spacial score (nSPS) is 14.4. The number of hydrogen-bond donors (Lipinski definition) is 2. The van der Waals surface area contributed by atoms with Gasteiger partial charge in [-0.15, -0.1) is 0 Å². The van der Waals surface area contributed by atoms with Gasteiger partial charge in [0.25, 0.3) is 0 Å². The average Bonchev–Trinajstić information content (AvgIpc) is 3.07. The van der Waals surface area contributed by atoms with Gasteiger partial charge in [0, 0.05) is 24.6 Å². The van der Waals surface area contributed by atoms with Crippen LogP contribution >= 0.6 is 0 Å². The van der Waals surface area contributed by atoms with Gasteiger partial charge in [0.2, 0.25) is 0 Å². The maximum Gasteiger partial charge on any atom is 0.410 e. The van der Waals surface area contributed by atoms with Crippen molar-refractivity contribution in [3.05, 3.63) is 59.9 Å². The smallest absolute Gasteiger partial charge is 0.410 e. The lowest BCUT2D eigenvalue weighted by atomic mass is 10.1. The number of cyclic esters (lactones) is 1. The summed E-state index contributed by atoms with van der Waals surface area (Å²) in [4.78, 5) is 41.4. The Balaban J connectivity index is 1.57. The van der Waals surface area contributed by atoms with Crippen molar-refractivity contribution in [2.24, 2.45) is 0 Å². The van der Waals surface area contributed by atoms with Crippen LogP contribution in [0.15, 0.2) is 48.8 Å². The van der Waals surface area contributed by atoms with Crippen LogP contribution in [-0.2, 0) is 20.9 Å². The molecule has 8 nitrogen and oxygen atoms in total. The number of carbonyl (C=O) groups excluding carboxylic acids is 3. The summed E-state index contributed by atoms with van der Waals surface area (Å²) < 4.78 is 4.90. The number of pyridine rings is 1. The maximum absolute atomic E-state index is 12.2. The zero-order valence-electron chi connectivity index (χ0n) is 14.8. The zero-order valence-corrected chi connectivity index (χ0v) is 14.8. The number of benzene rings is 1. The standard InChI is InChI=1S/C19H20N4O4/c1-13(15-5-3-7-20-11-15)21-17(24)18(25)22-16-6-2-4-14(10-16)12-23-8-9-27-19(23)26/h2-7,10-11,13H,8-9,12H2,1H3,(H,21,24)(H,22,25). The molecule has 0 saturated carbocycles. The van der Waals surface area contributed by atoms with Crippen molar-refractivity contribution in [3.63, 3.8) is 0 Å². The predicted octanol–water partition coefficient (Wildman–Crippen LogP) is 1.85. The Kier molecular flexibility index (Phi) is 5.65. The molecular formula is C19H20N4O4. The Bertz CT molecular complexity index is 841. The molecule has 2 aromatic rings. The number of carbonyl (C=O) groups is 3. The minimum absolute atomic E-state index is 0.343. The first-order chi connectivity index (χ1) is 13.0. The molecule has 0 radical (unpaired) electrons. The molecule has 3 rings (SSSR count). The molecule has 8 heteroatoms. The number of hydrogen-bond acceptors (Lipinski definition) is 5. The van der Waals surface area contributed by atoms with E-state index < -0.39 is 11.8 Å². The van der Waals surface area contributed by atoms with Gasteiger partial charge >= 0.3 is 17.9 Å². The molecule has 1 aliphatic heterocycles. The van der Waals surface area contributed by atoms with Crippen LogP contribution in [0, 0.1) is 0 Å². The van der Waals surface area contributed by atoms with Crippen molar-refractivity contribution in [1.29, 1.82) is 0 Å². The Hall–Kier alpha value is -3.42. The summed E-state index contributed by atoms with van der Waals surface area (Å²) in [6.45, 7) is 3.07. The molecule has 1 aliphatic rings. The molecule has 0 spiro atoms. The third-order valence-corrected chi connectivity index (χ3v) is 4.14. The summed E-state index contributed by atoms with van der Waals surface area (Å²) in [6, 6.07) is 10.2. The fourth-order valence-corrected chi connectivity index (χ4v) is 2.70. The minimum atomic E-state index is -0.761. The third-order valence-electron chi connectivity index (χ3n) is 4.14. The van der Waals surface area contributed by atoms with E-state index in [1.807, 2.05) is 12.1 Å². The SMILES string of the molecule is CC(NC(=O)C(=O)Nc1cccc(CN2CCOC2=O)c1)c1cccnc1. The third kappa shape index (κ3) is 4.81. The van der Waals surface area contributed by atoms with Gasteiger partial charge in [-0.05, 0) is 36.2 Å². The van der Waals surface area contributed by atoms with E-state index >= 15 is 0 Å². The van der Waals surface area contributed by atoms with Gasteiger partial charge in [0.05, 0.1) is 12.6 Å². The van der Waals surface area contributed by atoms with Gasteiger partial charge in [-0.25, -0.2) is 4.79 Å². The van der Waals surface area contributed by atoms with Crippen molar-refractivity contribution in [2.75, 3.05) is 18.5 Å². The molecule has 0 aliphatic carbocycles. The monoisotopic (exact) mass is 368 g/mol. The average molecular weight is 368 g/mol. The Morgan fingerprint density at radius 2 is 2.11 bits per heavy atom. The predicted molar refractivity (Wildman–Crippen MR) is 97.6 cm³/mol. The molecule has 1 aromatic carbocycles. The van der Waals surface area contributed by atoms with Gasteiger partial charge in [-0.3, -0.25) is 14.6 Å². The summed E-state index contributed by atoms with van der Waals surface area (Å²) >= 11 is 0. The summed E-state index contributed by atoms with van der Waals surface area (Å²) in [5.41, 5.74) is 2.11. The van der Waals surface area contributed by atoms with E-state index in [1.165, 1.54) is 0 Å². The molecule has 2 N–H and O–H groups in total. The van der Waals surface area contributed by atoms with Crippen molar-refractivity contribution in [3.8, 4) is 0 Å². The lowest BCUT2D eigenvalue weighted by Crippen LogP contribution is -2.37. The van der Waals surface area contributed by atoms with Crippen molar-refractivity contribution in [1.82, 2.24) is 15.2 Å². The number of aromatic nitrogens is 1. The second-order valence-electron chi connectivity index (χ2n) is 6.17. The highest BCUT2D eigenvalue weighted by molar-refractivity contribution is 6.39. The van der Waals surface area contributed by atoms with Crippen LogP contribution in [0.2, 0.25) is 0 Å². The van der Waals surface area contributed by atoms with E-state index in [1.54, 1.807) is 48.5 Å². The molecule has 1 unspecified atom stereocenters. The Labute approximate surface area is 156 Å². The van der Waals surface area contributed by atoms with E-state index in [0.29, 0.717) is 25.4 Å². The fourth-order valence-electron chi connectivity index (χ4n) is 2.70. The van der Waals surface area contributed by atoms with Gasteiger partial charge in [-0.2, -0.15) is 0 Å². The first-order valence-electron chi connectivity index (χ1n) is 8.55. The largest absolute Gasteiger partial charge is 0.448 e. The number of anilines is 1. The van der Waals surface area contributed by atoms with E-state index in [-0.39, 0.29) is 12.1 Å². The van der Waals surface area contributed by atoms with Crippen LogP contribution in [0.5, 0.6) is 0 Å². The highest BCUT2D eigenvalue weighted by Gasteiger charge is 2.22. The van der Waals surface area contributed by atoms with Gasteiger partial charge in [0.1, 0.15) is 6.61 Å². The second-order valence-corrected chi connectivity index (χ2v) is 6.17. The van der Waals surface area contributed by atoms with Gasteiger partial charge < -0.3 is 20.3 Å². The molecule has 1 atom stereocenters. The lowest BCUT2D eigenvalue weighted by Gasteiger charge is -2.15. The van der Waals surface area contributed by atoms with E-state index in [0.717, 1.165) is 11.1 Å². The lowest BCUT2D eigenvalue weighted by molar-refractivity contribution is -0.136. The quantitative estimate of drug-likeness (QED) is 0.785. The maximum atomic E-state index is 12.2. The number of amides is 3. The van der Waals surface area contributed by atoms with E-state index in [9.17, 15) is 14.4 Å². The number of nitrogens with zero attached hydrogens (tertiary/aromatic N) is 2. The first kappa shape index (κ1) is 18.4. The molecule has 140 valence electrons.